The summed E-state index contributed by atoms with van der Waals surface area (Å²) in [7, 11) is 2.78. The number of halogens is 2. The van der Waals surface area contributed by atoms with Gasteiger partial charge in [0.25, 0.3) is 0 Å². The minimum atomic E-state index is -1.06. The summed E-state index contributed by atoms with van der Waals surface area (Å²) in [5.41, 5.74) is -0.366. The second-order valence-corrected chi connectivity index (χ2v) is 6.43. The van der Waals surface area contributed by atoms with Crippen LogP contribution in [0.1, 0.15) is 0 Å². The van der Waals surface area contributed by atoms with Crippen LogP contribution in [0.25, 0.3) is 16.9 Å². The number of methoxy groups -OCH3 is 1. The van der Waals surface area contributed by atoms with Crippen LogP contribution in [0.5, 0.6) is 5.75 Å². The predicted molar refractivity (Wildman–Crippen MR) is 107 cm³/mol. The molecule has 2 heterocycles. The van der Waals surface area contributed by atoms with Crippen LogP contribution < -0.4 is 15.7 Å². The first-order valence-corrected chi connectivity index (χ1v) is 8.79. The van der Waals surface area contributed by atoms with E-state index < -0.39 is 27.9 Å². The molecular formula is C19H14F2N6O4. The Bertz CT molecular complexity index is 1400. The maximum Gasteiger partial charge on any atom is 0.334 e. The fourth-order valence-corrected chi connectivity index (χ4v) is 3.14. The molecule has 158 valence electrons. The molecule has 0 aliphatic carbocycles. The number of nitro groups is 1. The summed E-state index contributed by atoms with van der Waals surface area (Å²) >= 11 is 0. The summed E-state index contributed by atoms with van der Waals surface area (Å²) in [4.78, 5) is 31.2. The van der Waals surface area contributed by atoms with Crippen LogP contribution in [-0.2, 0) is 7.05 Å². The Balaban J connectivity index is 1.81. The Morgan fingerprint density at radius 2 is 1.94 bits per heavy atom. The zero-order valence-electron chi connectivity index (χ0n) is 16.2. The van der Waals surface area contributed by atoms with E-state index in [2.05, 4.69) is 15.3 Å². The highest BCUT2D eigenvalue weighted by atomic mass is 19.1. The van der Waals surface area contributed by atoms with E-state index in [4.69, 9.17) is 4.74 Å². The highest BCUT2D eigenvalue weighted by Gasteiger charge is 2.20. The average Bonchev–Trinajstić information content (AvgIpc) is 2.99. The molecule has 2 aromatic heterocycles. The van der Waals surface area contributed by atoms with Gasteiger partial charge in [-0.3, -0.25) is 14.7 Å². The van der Waals surface area contributed by atoms with E-state index in [0.717, 1.165) is 12.1 Å². The largest absolute Gasteiger partial charge is 0.494 e. The summed E-state index contributed by atoms with van der Waals surface area (Å²) in [5.74, 6) is -1.40. The topological polar surface area (TPSA) is 117 Å². The molecule has 0 radical (unpaired) electrons. The van der Waals surface area contributed by atoms with Gasteiger partial charge in [-0.2, -0.15) is 9.37 Å². The number of nitro benzene ring substituents is 1. The van der Waals surface area contributed by atoms with Gasteiger partial charge in [0.1, 0.15) is 17.4 Å². The number of nitrogens with zero attached hydrogens (tertiary/aromatic N) is 5. The Morgan fingerprint density at radius 3 is 2.65 bits per heavy atom. The number of ether oxygens (including phenoxy) is 1. The molecule has 0 spiro atoms. The van der Waals surface area contributed by atoms with Crippen molar-refractivity contribution in [1.82, 2.24) is 19.1 Å². The van der Waals surface area contributed by atoms with Gasteiger partial charge in [0, 0.05) is 31.4 Å². The van der Waals surface area contributed by atoms with E-state index in [1.54, 1.807) is 0 Å². The van der Waals surface area contributed by atoms with Crippen molar-refractivity contribution in [2.75, 3.05) is 12.4 Å². The summed E-state index contributed by atoms with van der Waals surface area (Å²) in [6.45, 7) is 0. The van der Waals surface area contributed by atoms with Crippen LogP contribution in [0.4, 0.5) is 26.1 Å². The molecule has 31 heavy (non-hydrogen) atoms. The molecule has 0 amide bonds. The zero-order chi connectivity index (χ0) is 22.3. The number of imidazole rings is 1. The fourth-order valence-electron chi connectivity index (χ4n) is 3.14. The van der Waals surface area contributed by atoms with Crippen molar-refractivity contribution in [2.24, 2.45) is 7.05 Å². The van der Waals surface area contributed by atoms with Gasteiger partial charge in [0.05, 0.1) is 28.8 Å². The molecule has 12 heteroatoms. The van der Waals surface area contributed by atoms with Crippen LogP contribution in [0, 0.1) is 21.7 Å². The molecule has 10 nitrogen and oxygen atoms in total. The van der Waals surface area contributed by atoms with Crippen LogP contribution in [0.15, 0.2) is 47.4 Å². The highest BCUT2D eigenvalue weighted by Crippen LogP contribution is 2.33. The van der Waals surface area contributed by atoms with E-state index in [9.17, 15) is 23.7 Å². The Kier molecular flexibility index (Phi) is 4.81. The van der Waals surface area contributed by atoms with Gasteiger partial charge in [-0.15, -0.1) is 0 Å². The molecule has 4 aromatic rings. The van der Waals surface area contributed by atoms with E-state index in [0.29, 0.717) is 11.0 Å². The molecule has 0 fully saturated rings. The van der Waals surface area contributed by atoms with Crippen LogP contribution in [0.3, 0.4) is 0 Å². The number of aryl methyl sites for hydroxylation is 1. The highest BCUT2D eigenvalue weighted by molar-refractivity contribution is 5.78. The molecule has 2 aromatic carbocycles. The first-order valence-electron chi connectivity index (χ1n) is 8.79. The smallest absolute Gasteiger partial charge is 0.334 e. The fraction of sp³-hybridized carbons (Fsp3) is 0.105. The van der Waals surface area contributed by atoms with Crippen molar-refractivity contribution in [3.63, 3.8) is 0 Å². The molecule has 1 N–H and O–H groups in total. The van der Waals surface area contributed by atoms with Gasteiger partial charge >= 0.3 is 11.4 Å². The predicted octanol–water partition coefficient (Wildman–Crippen LogP) is 3.06. The van der Waals surface area contributed by atoms with E-state index in [-0.39, 0.29) is 23.2 Å². The second kappa shape index (κ2) is 7.48. The lowest BCUT2D eigenvalue weighted by Crippen LogP contribution is -2.21. The van der Waals surface area contributed by atoms with Gasteiger partial charge < -0.3 is 10.1 Å². The number of fused-ring (bicyclic) bond motifs is 1. The van der Waals surface area contributed by atoms with Gasteiger partial charge in [0.2, 0.25) is 11.8 Å². The minimum absolute atomic E-state index is 0.00472. The minimum Gasteiger partial charge on any atom is -0.494 e. The molecular weight excluding hydrogens is 414 g/mol. The third-order valence-electron chi connectivity index (χ3n) is 4.60. The molecule has 0 saturated carbocycles. The Hall–Kier alpha value is -4.35. The van der Waals surface area contributed by atoms with E-state index in [1.807, 2.05) is 0 Å². The van der Waals surface area contributed by atoms with Gasteiger partial charge in [-0.1, -0.05) is 0 Å². The summed E-state index contributed by atoms with van der Waals surface area (Å²) in [6, 6.07) is 7.20. The lowest BCUT2D eigenvalue weighted by molar-refractivity contribution is -0.387. The SMILES string of the molecule is COc1cc(F)c([N+](=O)[O-])cc1Nc1nccc(-n2c(=O)n(C)c3cc(F)ccc32)n1. The molecule has 0 aliphatic rings. The monoisotopic (exact) mass is 428 g/mol. The number of hydrogen-bond donors (Lipinski definition) is 1. The normalized spacial score (nSPS) is 11.0. The molecule has 0 bridgehead atoms. The van der Waals surface area contributed by atoms with Crippen LogP contribution in [-0.4, -0.2) is 31.1 Å². The lowest BCUT2D eigenvalue weighted by Gasteiger charge is -2.11. The Morgan fingerprint density at radius 1 is 1.16 bits per heavy atom. The molecule has 0 aliphatic heterocycles. The number of benzene rings is 2. The third-order valence-corrected chi connectivity index (χ3v) is 4.60. The number of hydrogen-bond acceptors (Lipinski definition) is 7. The molecule has 0 atom stereocenters. The lowest BCUT2D eigenvalue weighted by atomic mass is 10.2. The van der Waals surface area contributed by atoms with Crippen molar-refractivity contribution < 1.29 is 18.4 Å². The first kappa shape index (κ1) is 19.9. The molecule has 0 unspecified atom stereocenters. The standard InChI is InChI=1S/C19H14F2N6O4/c1-25-15-7-10(20)3-4-13(15)26(19(25)28)17-5-6-22-18(24-17)23-12-9-14(27(29)30)11(21)8-16(12)31-2/h3-9H,1-2H3,(H,22,23,24). The quantitative estimate of drug-likeness (QED) is 0.383. The second-order valence-electron chi connectivity index (χ2n) is 6.43. The van der Waals surface area contributed by atoms with Crippen molar-refractivity contribution in [3.05, 3.63) is 74.8 Å². The average molecular weight is 428 g/mol. The van der Waals surface area contributed by atoms with Gasteiger partial charge in [0.15, 0.2) is 0 Å². The number of aromatic nitrogens is 4. The maximum atomic E-state index is 13.9. The maximum absolute atomic E-state index is 13.9. The van der Waals surface area contributed by atoms with Crippen LogP contribution >= 0.6 is 0 Å². The summed E-state index contributed by atoms with van der Waals surface area (Å²) in [6.07, 6.45) is 1.36. The third kappa shape index (κ3) is 3.43. The van der Waals surface area contributed by atoms with Crippen molar-refractivity contribution >= 4 is 28.4 Å². The number of nitrogens with one attached hydrogen (secondary N) is 1. The summed E-state index contributed by atoms with van der Waals surface area (Å²) < 4.78 is 35.1. The van der Waals surface area contributed by atoms with Crippen molar-refractivity contribution in [1.29, 1.82) is 0 Å². The zero-order valence-corrected chi connectivity index (χ0v) is 16.2. The number of rotatable bonds is 5. The van der Waals surface area contributed by atoms with Gasteiger partial charge in [-0.05, 0) is 18.2 Å². The molecule has 0 saturated heterocycles. The van der Waals surface area contributed by atoms with Gasteiger partial charge in [-0.25, -0.2) is 18.7 Å². The van der Waals surface area contributed by atoms with E-state index >= 15 is 0 Å². The number of anilines is 2. The first-order chi connectivity index (χ1) is 14.8. The van der Waals surface area contributed by atoms with Crippen molar-refractivity contribution in [2.45, 2.75) is 0 Å². The van der Waals surface area contributed by atoms with Crippen molar-refractivity contribution in [3.8, 4) is 11.6 Å². The Labute approximate surface area is 172 Å². The molecule has 4 rings (SSSR count). The van der Waals surface area contributed by atoms with E-state index in [1.165, 1.54) is 53.8 Å². The summed E-state index contributed by atoms with van der Waals surface area (Å²) in [5, 5.41) is 13.8. The van der Waals surface area contributed by atoms with Crippen LogP contribution in [0.2, 0.25) is 0 Å².